The van der Waals surface area contributed by atoms with Crippen LogP contribution in [-0.2, 0) is 9.53 Å². The van der Waals surface area contributed by atoms with Gasteiger partial charge < -0.3 is 20.5 Å². The van der Waals surface area contributed by atoms with Crippen molar-refractivity contribution < 1.29 is 14.3 Å². The molecule has 1 saturated carbocycles. The summed E-state index contributed by atoms with van der Waals surface area (Å²) in [6.45, 7) is 3.41. The van der Waals surface area contributed by atoms with Crippen LogP contribution in [0.25, 0.3) is 0 Å². The Kier molecular flexibility index (Phi) is 5.35. The molecule has 0 aromatic heterocycles. The predicted octanol–water partition coefficient (Wildman–Crippen LogP) is 2.61. The fourth-order valence-corrected chi connectivity index (χ4v) is 3.04. The molecule has 1 aliphatic heterocycles. The minimum absolute atomic E-state index is 0.0142. The summed E-state index contributed by atoms with van der Waals surface area (Å²) in [6.07, 6.45) is 7.18. The van der Waals surface area contributed by atoms with E-state index in [1.54, 1.807) is 6.07 Å². The van der Waals surface area contributed by atoms with E-state index in [2.05, 4.69) is 17.2 Å². The second kappa shape index (κ2) is 7.66. The van der Waals surface area contributed by atoms with Gasteiger partial charge >= 0.3 is 0 Å². The van der Waals surface area contributed by atoms with Gasteiger partial charge in [-0.3, -0.25) is 9.79 Å². The third-order valence-corrected chi connectivity index (χ3v) is 4.71. The molecule has 2 fully saturated rings. The molecule has 1 aromatic carbocycles. The smallest absolute Gasteiger partial charge is 0.211 e. The Hall–Kier alpha value is -2.08. The van der Waals surface area contributed by atoms with E-state index in [-0.39, 0.29) is 6.10 Å². The first-order chi connectivity index (χ1) is 11.7. The van der Waals surface area contributed by atoms with Crippen LogP contribution in [0.15, 0.2) is 17.1 Å². The molecule has 1 saturated heterocycles. The van der Waals surface area contributed by atoms with Crippen LogP contribution in [-0.4, -0.2) is 38.0 Å². The molecule has 6 heteroatoms. The van der Waals surface area contributed by atoms with E-state index in [1.165, 1.54) is 12.8 Å². The van der Waals surface area contributed by atoms with E-state index in [9.17, 15) is 4.79 Å². The first-order valence-electron chi connectivity index (χ1n) is 8.57. The molecule has 3 N–H and O–H groups in total. The highest BCUT2D eigenvalue weighted by molar-refractivity contribution is 5.91. The SMILES string of the molecule is CC1CCC(N=Cc2cc(NC=O)c(OC3COC3)cc2N)CC1. The lowest BCUT2D eigenvalue weighted by Crippen LogP contribution is -2.38. The highest BCUT2D eigenvalue weighted by Crippen LogP contribution is 2.31. The maximum atomic E-state index is 10.9. The molecule has 0 bridgehead atoms. The van der Waals surface area contributed by atoms with Crippen LogP contribution in [0.4, 0.5) is 11.4 Å². The highest BCUT2D eigenvalue weighted by atomic mass is 16.6. The molecule has 24 heavy (non-hydrogen) atoms. The molecule has 1 amide bonds. The number of nitrogens with one attached hydrogen (secondary N) is 1. The summed E-state index contributed by atoms with van der Waals surface area (Å²) in [5.41, 5.74) is 8.14. The van der Waals surface area contributed by atoms with Gasteiger partial charge in [-0.15, -0.1) is 0 Å². The predicted molar refractivity (Wildman–Crippen MR) is 94.8 cm³/mol. The summed E-state index contributed by atoms with van der Waals surface area (Å²) in [6, 6.07) is 3.92. The van der Waals surface area contributed by atoms with Crippen molar-refractivity contribution in [2.45, 2.75) is 44.8 Å². The monoisotopic (exact) mass is 331 g/mol. The topological polar surface area (TPSA) is 85.9 Å². The number of anilines is 2. The number of rotatable bonds is 6. The van der Waals surface area contributed by atoms with Gasteiger partial charge in [-0.25, -0.2) is 0 Å². The lowest BCUT2D eigenvalue weighted by molar-refractivity contribution is -0.105. The van der Waals surface area contributed by atoms with Crippen molar-refractivity contribution in [2.75, 3.05) is 24.3 Å². The molecule has 6 nitrogen and oxygen atoms in total. The molecule has 0 radical (unpaired) electrons. The fourth-order valence-electron chi connectivity index (χ4n) is 3.04. The van der Waals surface area contributed by atoms with Crippen LogP contribution in [0, 0.1) is 5.92 Å². The number of nitrogens with two attached hydrogens (primary N) is 1. The highest BCUT2D eigenvalue weighted by Gasteiger charge is 2.22. The van der Waals surface area contributed by atoms with Gasteiger partial charge in [-0.1, -0.05) is 6.92 Å². The van der Waals surface area contributed by atoms with Crippen LogP contribution in [0.5, 0.6) is 5.75 Å². The van der Waals surface area contributed by atoms with E-state index < -0.39 is 0 Å². The number of nitrogen functional groups attached to an aromatic ring is 1. The number of carbonyl (C=O) groups is 1. The molecule has 130 valence electrons. The van der Waals surface area contributed by atoms with Gasteiger partial charge in [0.15, 0.2) is 0 Å². The summed E-state index contributed by atoms with van der Waals surface area (Å²) in [5.74, 6) is 1.37. The summed E-state index contributed by atoms with van der Waals surface area (Å²) in [5, 5.41) is 2.68. The quantitative estimate of drug-likeness (QED) is 0.477. The molecule has 0 unspecified atom stereocenters. The van der Waals surface area contributed by atoms with Crippen molar-refractivity contribution in [1.82, 2.24) is 0 Å². The van der Waals surface area contributed by atoms with Gasteiger partial charge in [0.2, 0.25) is 6.41 Å². The molecular formula is C18H25N3O3. The Bertz CT molecular complexity index is 606. The van der Waals surface area contributed by atoms with Crippen molar-refractivity contribution in [2.24, 2.45) is 10.9 Å². The van der Waals surface area contributed by atoms with Gasteiger partial charge in [0.05, 0.1) is 18.9 Å². The maximum Gasteiger partial charge on any atom is 0.211 e. The first-order valence-corrected chi connectivity index (χ1v) is 8.57. The van der Waals surface area contributed by atoms with E-state index in [0.29, 0.717) is 42.8 Å². The molecule has 1 heterocycles. The molecule has 1 aromatic rings. The van der Waals surface area contributed by atoms with Crippen LogP contribution >= 0.6 is 0 Å². The van der Waals surface area contributed by atoms with E-state index >= 15 is 0 Å². The van der Waals surface area contributed by atoms with Crippen LogP contribution in [0.3, 0.4) is 0 Å². The van der Waals surface area contributed by atoms with E-state index in [4.69, 9.17) is 15.2 Å². The number of nitrogens with zero attached hydrogens (tertiary/aromatic N) is 1. The second-order valence-electron chi connectivity index (χ2n) is 6.71. The number of hydrogen-bond donors (Lipinski definition) is 2. The molecule has 2 aliphatic rings. The molecule has 0 atom stereocenters. The van der Waals surface area contributed by atoms with Crippen LogP contribution < -0.4 is 15.8 Å². The van der Waals surface area contributed by atoms with Crippen LogP contribution in [0.2, 0.25) is 0 Å². The van der Waals surface area contributed by atoms with Crippen molar-refractivity contribution in [1.29, 1.82) is 0 Å². The largest absolute Gasteiger partial charge is 0.483 e. The summed E-state index contributed by atoms with van der Waals surface area (Å²) >= 11 is 0. The van der Waals surface area contributed by atoms with Gasteiger partial charge in [0.25, 0.3) is 0 Å². The summed E-state index contributed by atoms with van der Waals surface area (Å²) in [7, 11) is 0. The molecule has 3 rings (SSSR count). The van der Waals surface area contributed by atoms with Crippen LogP contribution in [0.1, 0.15) is 38.2 Å². The zero-order chi connectivity index (χ0) is 16.9. The average molecular weight is 331 g/mol. The summed E-state index contributed by atoms with van der Waals surface area (Å²) in [4.78, 5) is 15.6. The zero-order valence-corrected chi connectivity index (χ0v) is 14.0. The van der Waals surface area contributed by atoms with Crippen molar-refractivity contribution in [3.8, 4) is 5.75 Å². The molecular weight excluding hydrogens is 306 g/mol. The Morgan fingerprint density at radius 1 is 1.29 bits per heavy atom. The molecule has 0 spiro atoms. The van der Waals surface area contributed by atoms with Crippen molar-refractivity contribution in [3.05, 3.63) is 17.7 Å². The van der Waals surface area contributed by atoms with Gasteiger partial charge in [0, 0.05) is 29.6 Å². The number of ether oxygens (including phenoxy) is 2. The lowest BCUT2D eigenvalue weighted by atomic mass is 9.88. The Balaban J connectivity index is 1.74. The van der Waals surface area contributed by atoms with Gasteiger partial charge in [0.1, 0.15) is 11.9 Å². The maximum absolute atomic E-state index is 10.9. The number of carbonyl (C=O) groups excluding carboxylic acids is 1. The number of hydrogen-bond acceptors (Lipinski definition) is 5. The second-order valence-corrected chi connectivity index (χ2v) is 6.71. The summed E-state index contributed by atoms with van der Waals surface area (Å²) < 4.78 is 10.9. The lowest BCUT2D eigenvalue weighted by Gasteiger charge is -2.28. The number of amides is 1. The number of benzene rings is 1. The standard InChI is InChI=1S/C18H25N3O3/c1-12-2-4-14(5-3-12)20-8-13-6-17(21-11-22)18(7-16(13)19)24-15-9-23-10-15/h6-8,11-12,14-15H,2-5,9-10,19H2,1H3,(H,21,22). The van der Waals surface area contributed by atoms with Gasteiger partial charge in [-0.05, 0) is 37.7 Å². The van der Waals surface area contributed by atoms with Crippen molar-refractivity contribution in [3.63, 3.8) is 0 Å². The average Bonchev–Trinajstić information content (AvgIpc) is 2.53. The van der Waals surface area contributed by atoms with E-state index in [1.807, 2.05) is 12.3 Å². The first kappa shape index (κ1) is 16.8. The zero-order valence-electron chi connectivity index (χ0n) is 14.0. The normalized spacial score (nSPS) is 24.5. The van der Waals surface area contributed by atoms with E-state index in [0.717, 1.165) is 24.3 Å². The minimum atomic E-state index is 0.0142. The number of aliphatic imine (C=N–C) groups is 1. The Morgan fingerprint density at radius 3 is 2.67 bits per heavy atom. The van der Waals surface area contributed by atoms with Crippen molar-refractivity contribution >= 4 is 24.0 Å². The van der Waals surface area contributed by atoms with Gasteiger partial charge in [-0.2, -0.15) is 0 Å². The third kappa shape index (κ3) is 4.06. The Labute approximate surface area is 142 Å². The Morgan fingerprint density at radius 2 is 2.04 bits per heavy atom. The third-order valence-electron chi connectivity index (χ3n) is 4.71. The fraction of sp³-hybridized carbons (Fsp3) is 0.556. The molecule has 1 aliphatic carbocycles. The minimum Gasteiger partial charge on any atom is -0.483 e.